The Morgan fingerprint density at radius 2 is 1.77 bits per heavy atom. The largest absolute Gasteiger partial charge is 0.497 e. The highest BCUT2D eigenvalue weighted by Gasteiger charge is 2.19. The number of thioether (sulfide) groups is 1. The highest BCUT2D eigenvalue weighted by Crippen LogP contribution is 2.20. The van der Waals surface area contributed by atoms with Crippen molar-refractivity contribution < 1.29 is 24.2 Å². The number of amides is 1. The van der Waals surface area contributed by atoms with Gasteiger partial charge < -0.3 is 19.9 Å². The second-order valence-electron chi connectivity index (χ2n) is 5.43. The summed E-state index contributed by atoms with van der Waals surface area (Å²) in [4.78, 5) is 23.1. The van der Waals surface area contributed by atoms with Crippen LogP contribution in [0.4, 0.5) is 4.79 Å². The van der Waals surface area contributed by atoms with E-state index in [2.05, 4.69) is 5.32 Å². The first-order valence-corrected chi connectivity index (χ1v) is 9.05. The number of alkyl carbamates (subject to hydrolysis) is 1. The van der Waals surface area contributed by atoms with Gasteiger partial charge in [0.05, 0.1) is 7.11 Å². The summed E-state index contributed by atoms with van der Waals surface area (Å²) in [6.07, 6.45) is -0.634. The van der Waals surface area contributed by atoms with E-state index in [1.165, 1.54) is 11.8 Å². The number of benzene rings is 2. The molecule has 1 atom stereocenters. The van der Waals surface area contributed by atoms with E-state index in [4.69, 9.17) is 9.47 Å². The fraction of sp³-hybridized carbons (Fsp3) is 0.263. The Kier molecular flexibility index (Phi) is 7.82. The third-order valence-corrected chi connectivity index (χ3v) is 4.80. The predicted molar refractivity (Wildman–Crippen MR) is 100 cm³/mol. The molecule has 0 aliphatic heterocycles. The van der Waals surface area contributed by atoms with E-state index in [-0.39, 0.29) is 13.2 Å². The molecule has 6 nitrogen and oxygen atoms in total. The van der Waals surface area contributed by atoms with Crippen molar-refractivity contribution in [3.8, 4) is 5.75 Å². The molecule has 2 aromatic carbocycles. The maximum absolute atomic E-state index is 11.7. The third kappa shape index (κ3) is 6.68. The van der Waals surface area contributed by atoms with E-state index >= 15 is 0 Å². The predicted octanol–water partition coefficient (Wildman–Crippen LogP) is 3.31. The van der Waals surface area contributed by atoms with Gasteiger partial charge in [0, 0.05) is 12.3 Å². The molecule has 0 bridgehead atoms. The number of carboxylic acid groups (broad SMARTS) is 1. The molecule has 0 aliphatic rings. The number of hydrogen-bond acceptors (Lipinski definition) is 5. The van der Waals surface area contributed by atoms with E-state index in [0.717, 1.165) is 16.9 Å². The van der Waals surface area contributed by atoms with Crippen LogP contribution in [0.15, 0.2) is 54.6 Å². The normalized spacial score (nSPS) is 11.4. The molecule has 1 unspecified atom stereocenters. The van der Waals surface area contributed by atoms with Crippen molar-refractivity contribution in [1.82, 2.24) is 5.32 Å². The Hall–Kier alpha value is -2.67. The third-order valence-electron chi connectivity index (χ3n) is 3.53. The molecular formula is C19H21NO5S. The quantitative estimate of drug-likeness (QED) is 0.699. The summed E-state index contributed by atoms with van der Waals surface area (Å²) in [7, 11) is 1.59. The molecule has 0 aliphatic carbocycles. The molecule has 26 heavy (non-hydrogen) atoms. The first-order valence-electron chi connectivity index (χ1n) is 8.00. The Morgan fingerprint density at radius 1 is 1.08 bits per heavy atom. The molecule has 2 rings (SSSR count). The zero-order valence-electron chi connectivity index (χ0n) is 14.4. The van der Waals surface area contributed by atoms with Gasteiger partial charge in [-0.3, -0.25) is 4.79 Å². The number of carbonyl (C=O) groups excluding carboxylic acids is 1. The van der Waals surface area contributed by atoms with Crippen LogP contribution in [0.3, 0.4) is 0 Å². The van der Waals surface area contributed by atoms with Gasteiger partial charge in [-0.05, 0) is 23.3 Å². The molecule has 1 amide bonds. The van der Waals surface area contributed by atoms with Crippen molar-refractivity contribution in [2.24, 2.45) is 0 Å². The van der Waals surface area contributed by atoms with Crippen LogP contribution < -0.4 is 10.1 Å². The lowest BCUT2D eigenvalue weighted by molar-refractivity contribution is -0.136. The number of carbonyl (C=O) groups is 2. The molecule has 2 aromatic rings. The Bertz CT molecular complexity index is 706. The SMILES string of the molecule is COc1ccc(CSC(CNC(=O)OCc2ccccc2)C(=O)O)cc1. The molecule has 0 fully saturated rings. The maximum Gasteiger partial charge on any atom is 0.407 e. The van der Waals surface area contributed by atoms with Crippen molar-refractivity contribution in [2.45, 2.75) is 17.6 Å². The average molecular weight is 375 g/mol. The van der Waals surface area contributed by atoms with Gasteiger partial charge >= 0.3 is 12.1 Å². The zero-order chi connectivity index (χ0) is 18.8. The van der Waals surface area contributed by atoms with Crippen LogP contribution in [0.2, 0.25) is 0 Å². The van der Waals surface area contributed by atoms with Gasteiger partial charge in [0.1, 0.15) is 17.6 Å². The van der Waals surface area contributed by atoms with Gasteiger partial charge in [0.25, 0.3) is 0 Å². The van der Waals surface area contributed by atoms with Crippen LogP contribution >= 0.6 is 11.8 Å². The Morgan fingerprint density at radius 3 is 2.38 bits per heavy atom. The fourth-order valence-electron chi connectivity index (χ4n) is 2.09. The summed E-state index contributed by atoms with van der Waals surface area (Å²) in [6, 6.07) is 16.7. The highest BCUT2D eigenvalue weighted by molar-refractivity contribution is 7.99. The maximum atomic E-state index is 11.7. The van der Waals surface area contributed by atoms with Crippen LogP contribution in [-0.4, -0.2) is 36.1 Å². The molecule has 0 aromatic heterocycles. The lowest BCUT2D eigenvalue weighted by atomic mass is 10.2. The van der Waals surface area contributed by atoms with E-state index in [0.29, 0.717) is 5.75 Å². The highest BCUT2D eigenvalue weighted by atomic mass is 32.2. The summed E-state index contributed by atoms with van der Waals surface area (Å²) < 4.78 is 10.2. The number of carboxylic acids is 1. The number of ether oxygens (including phenoxy) is 2. The summed E-state index contributed by atoms with van der Waals surface area (Å²) in [5.74, 6) is 0.282. The van der Waals surface area contributed by atoms with Crippen molar-refractivity contribution in [1.29, 1.82) is 0 Å². The van der Waals surface area contributed by atoms with Crippen LogP contribution in [0.5, 0.6) is 5.75 Å². The lowest BCUT2D eigenvalue weighted by Crippen LogP contribution is -2.35. The smallest absolute Gasteiger partial charge is 0.407 e. The Labute approximate surface area is 156 Å². The van der Waals surface area contributed by atoms with Crippen molar-refractivity contribution in [3.05, 3.63) is 65.7 Å². The minimum Gasteiger partial charge on any atom is -0.497 e. The summed E-state index contributed by atoms with van der Waals surface area (Å²) in [5, 5.41) is 11.1. The molecule has 0 saturated heterocycles. The van der Waals surface area contributed by atoms with E-state index in [1.54, 1.807) is 7.11 Å². The van der Waals surface area contributed by atoms with Crippen LogP contribution in [0.1, 0.15) is 11.1 Å². The van der Waals surface area contributed by atoms with Gasteiger partial charge in [-0.25, -0.2) is 4.79 Å². The molecule has 0 saturated carbocycles. The van der Waals surface area contributed by atoms with E-state index in [1.807, 2.05) is 54.6 Å². The molecular weight excluding hydrogens is 354 g/mol. The van der Waals surface area contributed by atoms with Gasteiger partial charge in [-0.2, -0.15) is 0 Å². The standard InChI is InChI=1S/C19H21NO5S/c1-24-16-9-7-15(8-10-16)13-26-17(18(21)22)11-20-19(23)25-12-14-5-3-2-4-6-14/h2-10,17H,11-13H2,1H3,(H,20,23)(H,21,22). The topological polar surface area (TPSA) is 84.9 Å². The van der Waals surface area contributed by atoms with Crippen molar-refractivity contribution in [3.63, 3.8) is 0 Å². The van der Waals surface area contributed by atoms with Crippen LogP contribution in [0.25, 0.3) is 0 Å². The van der Waals surface area contributed by atoms with Gasteiger partial charge in [-0.1, -0.05) is 42.5 Å². The fourth-order valence-corrected chi connectivity index (χ4v) is 3.02. The minimum atomic E-state index is -0.980. The molecule has 138 valence electrons. The second-order valence-corrected chi connectivity index (χ2v) is 6.62. The molecule has 0 heterocycles. The second kappa shape index (κ2) is 10.4. The molecule has 7 heteroatoms. The summed E-state index contributed by atoms with van der Waals surface area (Å²) in [5.41, 5.74) is 1.85. The number of nitrogens with one attached hydrogen (secondary N) is 1. The first-order chi connectivity index (χ1) is 12.6. The molecule has 2 N–H and O–H groups in total. The number of methoxy groups -OCH3 is 1. The average Bonchev–Trinajstić information content (AvgIpc) is 2.67. The van der Waals surface area contributed by atoms with Gasteiger partial charge in [0.2, 0.25) is 0 Å². The lowest BCUT2D eigenvalue weighted by Gasteiger charge is -2.13. The summed E-state index contributed by atoms with van der Waals surface area (Å²) in [6.45, 7) is 0.132. The zero-order valence-corrected chi connectivity index (χ0v) is 15.2. The number of rotatable bonds is 9. The minimum absolute atomic E-state index is 0.0101. The monoisotopic (exact) mass is 375 g/mol. The summed E-state index contributed by atoms with van der Waals surface area (Å²) >= 11 is 1.24. The van der Waals surface area contributed by atoms with Crippen molar-refractivity contribution in [2.75, 3.05) is 13.7 Å². The van der Waals surface area contributed by atoms with E-state index in [9.17, 15) is 14.7 Å². The molecule has 0 spiro atoms. The van der Waals surface area contributed by atoms with Crippen molar-refractivity contribution >= 4 is 23.8 Å². The number of aliphatic carboxylic acids is 1. The van der Waals surface area contributed by atoms with Crippen LogP contribution in [0, 0.1) is 0 Å². The van der Waals surface area contributed by atoms with Gasteiger partial charge in [0.15, 0.2) is 0 Å². The first kappa shape index (κ1) is 19.7. The number of hydrogen-bond donors (Lipinski definition) is 2. The van der Waals surface area contributed by atoms with E-state index < -0.39 is 17.3 Å². The molecule has 0 radical (unpaired) electrons. The Balaban J connectivity index is 1.76. The van der Waals surface area contributed by atoms with Crippen LogP contribution in [-0.2, 0) is 21.9 Å². The van der Waals surface area contributed by atoms with Gasteiger partial charge in [-0.15, -0.1) is 11.8 Å².